The number of alkyl halides is 3. The van der Waals surface area contributed by atoms with Crippen LogP contribution in [-0.2, 0) is 12.7 Å². The van der Waals surface area contributed by atoms with Crippen LogP contribution in [0, 0.1) is 0 Å². The van der Waals surface area contributed by atoms with E-state index in [1.807, 2.05) is 6.26 Å². The molecule has 0 aliphatic carbocycles. The minimum Gasteiger partial charge on any atom is -0.382 e. The van der Waals surface area contributed by atoms with Gasteiger partial charge in [-0.1, -0.05) is 12.1 Å². The Kier molecular flexibility index (Phi) is 4.44. The van der Waals surface area contributed by atoms with E-state index in [0.29, 0.717) is 12.4 Å². The zero-order valence-electron chi connectivity index (χ0n) is 10.5. The standard InChI is InChI=1S/C12H12F3N3S2/c1-19-9-10(16)18-20-11(9)17-6-7-2-4-8(5-3-7)12(13,14)15/h2-5,17H,6H2,1H3,(H2,16,18). The molecule has 1 aromatic heterocycles. The van der Waals surface area contributed by atoms with Crippen molar-refractivity contribution in [2.45, 2.75) is 17.6 Å². The number of rotatable bonds is 4. The fourth-order valence-corrected chi connectivity index (χ4v) is 3.13. The largest absolute Gasteiger partial charge is 0.416 e. The third-order valence-electron chi connectivity index (χ3n) is 2.61. The summed E-state index contributed by atoms with van der Waals surface area (Å²) in [4.78, 5) is 0.863. The monoisotopic (exact) mass is 319 g/mol. The van der Waals surface area contributed by atoms with Gasteiger partial charge in [0.05, 0.1) is 10.5 Å². The van der Waals surface area contributed by atoms with Gasteiger partial charge in [-0.15, -0.1) is 11.8 Å². The van der Waals surface area contributed by atoms with Gasteiger partial charge in [0.15, 0.2) is 5.82 Å². The van der Waals surface area contributed by atoms with E-state index in [2.05, 4.69) is 9.69 Å². The first-order chi connectivity index (χ1) is 9.41. The van der Waals surface area contributed by atoms with E-state index in [1.165, 1.54) is 35.4 Å². The van der Waals surface area contributed by atoms with Crippen LogP contribution >= 0.6 is 23.3 Å². The molecule has 0 spiro atoms. The summed E-state index contributed by atoms with van der Waals surface area (Å²) in [6.07, 6.45) is -2.41. The number of aromatic nitrogens is 1. The van der Waals surface area contributed by atoms with E-state index in [9.17, 15) is 13.2 Å². The predicted octanol–water partition coefficient (Wildman–Crippen LogP) is 4.08. The Balaban J connectivity index is 2.04. The second-order valence-corrected chi connectivity index (χ2v) is 5.57. The van der Waals surface area contributed by atoms with Crippen molar-refractivity contribution in [2.24, 2.45) is 0 Å². The highest BCUT2D eigenvalue weighted by molar-refractivity contribution is 7.99. The van der Waals surface area contributed by atoms with Gasteiger partial charge in [0.25, 0.3) is 0 Å². The molecule has 3 N–H and O–H groups in total. The second-order valence-electron chi connectivity index (χ2n) is 3.98. The van der Waals surface area contributed by atoms with Gasteiger partial charge >= 0.3 is 6.18 Å². The lowest BCUT2D eigenvalue weighted by Crippen LogP contribution is -2.05. The number of anilines is 2. The van der Waals surface area contributed by atoms with Crippen molar-refractivity contribution in [1.82, 2.24) is 4.37 Å². The van der Waals surface area contributed by atoms with Gasteiger partial charge in [0.1, 0.15) is 5.00 Å². The Bertz CT molecular complexity index is 579. The normalized spacial score (nSPS) is 11.6. The first kappa shape index (κ1) is 15.0. The smallest absolute Gasteiger partial charge is 0.382 e. The molecule has 20 heavy (non-hydrogen) atoms. The number of halogens is 3. The molecule has 0 amide bonds. The van der Waals surface area contributed by atoms with E-state index >= 15 is 0 Å². The molecule has 0 aliphatic rings. The van der Waals surface area contributed by atoms with Crippen LogP contribution < -0.4 is 11.1 Å². The first-order valence-electron chi connectivity index (χ1n) is 5.61. The lowest BCUT2D eigenvalue weighted by atomic mass is 10.1. The Hall–Kier alpha value is -1.41. The van der Waals surface area contributed by atoms with Crippen molar-refractivity contribution in [2.75, 3.05) is 17.3 Å². The number of benzene rings is 1. The van der Waals surface area contributed by atoms with E-state index in [4.69, 9.17) is 5.73 Å². The molecule has 3 nitrogen and oxygen atoms in total. The molecule has 0 saturated carbocycles. The first-order valence-corrected chi connectivity index (χ1v) is 7.60. The predicted molar refractivity (Wildman–Crippen MR) is 77.1 cm³/mol. The average molecular weight is 319 g/mol. The molecule has 0 atom stereocenters. The minimum absolute atomic E-state index is 0.424. The maximum Gasteiger partial charge on any atom is 0.416 e. The molecule has 0 fully saturated rings. The summed E-state index contributed by atoms with van der Waals surface area (Å²) >= 11 is 2.72. The van der Waals surface area contributed by atoms with Gasteiger partial charge < -0.3 is 11.1 Å². The van der Waals surface area contributed by atoms with Crippen LogP contribution in [0.5, 0.6) is 0 Å². The van der Waals surface area contributed by atoms with Crippen LogP contribution in [-0.4, -0.2) is 10.6 Å². The zero-order valence-corrected chi connectivity index (χ0v) is 12.1. The van der Waals surface area contributed by atoms with Crippen molar-refractivity contribution < 1.29 is 13.2 Å². The number of hydrogen-bond acceptors (Lipinski definition) is 5. The molecule has 0 radical (unpaired) electrons. The van der Waals surface area contributed by atoms with Crippen LogP contribution in [0.25, 0.3) is 0 Å². The van der Waals surface area contributed by atoms with E-state index in [0.717, 1.165) is 27.6 Å². The highest BCUT2D eigenvalue weighted by Crippen LogP contribution is 2.35. The Morgan fingerprint density at radius 3 is 2.50 bits per heavy atom. The molecular weight excluding hydrogens is 307 g/mol. The lowest BCUT2D eigenvalue weighted by molar-refractivity contribution is -0.137. The van der Waals surface area contributed by atoms with E-state index in [-0.39, 0.29) is 0 Å². The van der Waals surface area contributed by atoms with E-state index < -0.39 is 11.7 Å². The second kappa shape index (κ2) is 5.92. The fourth-order valence-electron chi connectivity index (χ4n) is 1.60. The molecule has 0 unspecified atom stereocenters. The van der Waals surface area contributed by atoms with Crippen molar-refractivity contribution >= 4 is 34.1 Å². The maximum absolute atomic E-state index is 12.4. The van der Waals surface area contributed by atoms with Gasteiger partial charge in [0.2, 0.25) is 0 Å². The minimum atomic E-state index is -4.30. The van der Waals surface area contributed by atoms with Crippen molar-refractivity contribution in [1.29, 1.82) is 0 Å². The molecule has 2 rings (SSSR count). The van der Waals surface area contributed by atoms with Gasteiger partial charge in [-0.2, -0.15) is 17.5 Å². The molecular formula is C12H12F3N3S2. The summed E-state index contributed by atoms with van der Waals surface area (Å²) in [6, 6.07) is 5.07. The maximum atomic E-state index is 12.4. The summed E-state index contributed by atoms with van der Waals surface area (Å²) in [5.74, 6) is 0.470. The average Bonchev–Trinajstić information content (AvgIpc) is 2.76. The number of thioether (sulfide) groups is 1. The number of nitrogen functional groups attached to an aromatic ring is 1. The van der Waals surface area contributed by atoms with E-state index in [1.54, 1.807) is 0 Å². The molecule has 8 heteroatoms. The lowest BCUT2D eigenvalue weighted by Gasteiger charge is -2.09. The Morgan fingerprint density at radius 1 is 1.30 bits per heavy atom. The molecule has 1 heterocycles. The molecule has 0 bridgehead atoms. The molecule has 0 saturated heterocycles. The summed E-state index contributed by atoms with van der Waals surface area (Å²) < 4.78 is 41.3. The van der Waals surface area contributed by atoms with Crippen LogP contribution in [0.1, 0.15) is 11.1 Å². The number of nitrogens with two attached hydrogens (primary N) is 1. The van der Waals surface area contributed by atoms with Crippen molar-refractivity contribution in [3.05, 3.63) is 35.4 Å². The topological polar surface area (TPSA) is 50.9 Å². The van der Waals surface area contributed by atoms with Gasteiger partial charge in [0, 0.05) is 6.54 Å². The van der Waals surface area contributed by atoms with Gasteiger partial charge in [-0.05, 0) is 35.5 Å². The third-order valence-corrected chi connectivity index (χ3v) is 4.38. The van der Waals surface area contributed by atoms with Gasteiger partial charge in [-0.3, -0.25) is 0 Å². The molecule has 0 aliphatic heterocycles. The van der Waals surface area contributed by atoms with Crippen LogP contribution in [0.4, 0.5) is 24.0 Å². The van der Waals surface area contributed by atoms with Crippen molar-refractivity contribution in [3.63, 3.8) is 0 Å². The Morgan fingerprint density at radius 2 is 1.95 bits per heavy atom. The van der Waals surface area contributed by atoms with Gasteiger partial charge in [-0.25, -0.2) is 0 Å². The summed E-state index contributed by atoms with van der Waals surface area (Å²) in [5.41, 5.74) is 5.82. The Labute approximate surface area is 122 Å². The quantitative estimate of drug-likeness (QED) is 0.834. The van der Waals surface area contributed by atoms with Crippen LogP contribution in [0.3, 0.4) is 0 Å². The summed E-state index contributed by atoms with van der Waals surface area (Å²) in [5, 5.41) is 3.96. The zero-order chi connectivity index (χ0) is 14.8. The highest BCUT2D eigenvalue weighted by Gasteiger charge is 2.29. The highest BCUT2D eigenvalue weighted by atomic mass is 32.2. The number of nitrogens with one attached hydrogen (secondary N) is 1. The SMILES string of the molecule is CSc1c(N)nsc1NCc1ccc(C(F)(F)F)cc1. The summed E-state index contributed by atoms with van der Waals surface area (Å²) in [6.45, 7) is 0.424. The molecule has 108 valence electrons. The number of hydrogen-bond donors (Lipinski definition) is 2. The third kappa shape index (κ3) is 3.37. The number of nitrogens with zero attached hydrogens (tertiary/aromatic N) is 1. The van der Waals surface area contributed by atoms with Crippen molar-refractivity contribution in [3.8, 4) is 0 Å². The molecule has 2 aromatic rings. The molecule has 1 aromatic carbocycles. The fraction of sp³-hybridized carbons (Fsp3) is 0.250. The van der Waals surface area contributed by atoms with Crippen LogP contribution in [0.15, 0.2) is 29.2 Å². The van der Waals surface area contributed by atoms with Crippen LogP contribution in [0.2, 0.25) is 0 Å². The summed E-state index contributed by atoms with van der Waals surface area (Å²) in [7, 11) is 0.